The molecule has 4 heteroatoms. The zero-order valence-electron chi connectivity index (χ0n) is 4.97. The van der Waals surface area contributed by atoms with Crippen molar-refractivity contribution in [1.82, 2.24) is 5.32 Å². The molecule has 0 aliphatic carbocycles. The fraction of sp³-hybridized carbons (Fsp3) is 0.750. The number of alkyl carbamates (subject to hydrolysis) is 1. The fourth-order valence-corrected chi connectivity index (χ4v) is 0.228. The molecule has 0 fully saturated rings. The van der Waals surface area contributed by atoms with Crippen molar-refractivity contribution in [2.75, 3.05) is 7.05 Å². The molecule has 0 aliphatic heterocycles. The first kappa shape index (κ1) is 7.23. The SMILES string of the molecule is CNC(=O)O[C@@H](C)N. The van der Waals surface area contributed by atoms with Gasteiger partial charge in [-0.2, -0.15) is 0 Å². The highest BCUT2D eigenvalue weighted by Gasteiger charge is 1.98. The summed E-state index contributed by atoms with van der Waals surface area (Å²) in [5.74, 6) is 0. The van der Waals surface area contributed by atoms with Crippen LogP contribution in [0.4, 0.5) is 4.79 Å². The van der Waals surface area contributed by atoms with Gasteiger partial charge in [-0.15, -0.1) is 0 Å². The number of carbonyl (C=O) groups is 1. The van der Waals surface area contributed by atoms with E-state index in [1.807, 2.05) is 0 Å². The van der Waals surface area contributed by atoms with Crippen molar-refractivity contribution >= 4 is 6.09 Å². The number of rotatable bonds is 1. The molecular formula is C4H10N2O2. The molecule has 0 aliphatic rings. The van der Waals surface area contributed by atoms with Gasteiger partial charge in [0.1, 0.15) is 6.23 Å². The van der Waals surface area contributed by atoms with E-state index in [0.29, 0.717) is 0 Å². The van der Waals surface area contributed by atoms with Crippen LogP contribution in [-0.2, 0) is 4.74 Å². The van der Waals surface area contributed by atoms with Crippen LogP contribution in [-0.4, -0.2) is 19.4 Å². The maximum Gasteiger partial charge on any atom is 0.408 e. The first-order chi connectivity index (χ1) is 3.66. The van der Waals surface area contributed by atoms with E-state index in [-0.39, 0.29) is 0 Å². The lowest BCUT2D eigenvalue weighted by atomic mass is 10.7. The molecule has 0 heterocycles. The van der Waals surface area contributed by atoms with Gasteiger partial charge in [0.05, 0.1) is 0 Å². The van der Waals surface area contributed by atoms with E-state index in [4.69, 9.17) is 5.73 Å². The third-order valence-electron chi connectivity index (χ3n) is 0.497. The Morgan fingerprint density at radius 1 is 1.88 bits per heavy atom. The summed E-state index contributed by atoms with van der Waals surface area (Å²) in [6.07, 6.45) is -1.03. The third kappa shape index (κ3) is 3.42. The van der Waals surface area contributed by atoms with Gasteiger partial charge in [-0.3, -0.25) is 5.73 Å². The molecule has 3 N–H and O–H groups in total. The molecular weight excluding hydrogens is 108 g/mol. The van der Waals surface area contributed by atoms with Gasteiger partial charge >= 0.3 is 6.09 Å². The smallest absolute Gasteiger partial charge is 0.408 e. The zero-order valence-corrected chi connectivity index (χ0v) is 4.97. The van der Waals surface area contributed by atoms with Gasteiger partial charge in [0, 0.05) is 7.05 Å². The molecule has 0 saturated heterocycles. The van der Waals surface area contributed by atoms with Crippen LogP contribution in [0.1, 0.15) is 6.92 Å². The molecule has 1 atom stereocenters. The number of nitrogens with one attached hydrogen (secondary N) is 1. The molecule has 4 nitrogen and oxygen atoms in total. The average molecular weight is 118 g/mol. The van der Waals surface area contributed by atoms with E-state index >= 15 is 0 Å². The van der Waals surface area contributed by atoms with E-state index in [0.717, 1.165) is 0 Å². The molecule has 0 spiro atoms. The Balaban J connectivity index is 3.25. The van der Waals surface area contributed by atoms with E-state index in [2.05, 4.69) is 10.1 Å². The highest BCUT2D eigenvalue weighted by molar-refractivity contribution is 5.66. The lowest BCUT2D eigenvalue weighted by molar-refractivity contribution is 0.112. The summed E-state index contributed by atoms with van der Waals surface area (Å²) in [6.45, 7) is 1.58. The highest BCUT2D eigenvalue weighted by Crippen LogP contribution is 1.78. The lowest BCUT2D eigenvalue weighted by Crippen LogP contribution is -2.29. The fourth-order valence-electron chi connectivity index (χ4n) is 0.228. The molecule has 0 aromatic heterocycles. The van der Waals surface area contributed by atoms with Crippen LogP contribution in [0.3, 0.4) is 0 Å². The van der Waals surface area contributed by atoms with Crippen molar-refractivity contribution < 1.29 is 9.53 Å². The highest BCUT2D eigenvalue weighted by atomic mass is 16.6. The van der Waals surface area contributed by atoms with Crippen molar-refractivity contribution in [3.05, 3.63) is 0 Å². The van der Waals surface area contributed by atoms with Gasteiger partial charge in [-0.1, -0.05) is 0 Å². The summed E-state index contributed by atoms with van der Waals surface area (Å²) in [6, 6.07) is 0. The van der Waals surface area contributed by atoms with Crippen molar-refractivity contribution in [2.45, 2.75) is 13.2 Å². The minimum Gasteiger partial charge on any atom is -0.431 e. The number of nitrogens with two attached hydrogens (primary N) is 1. The Labute approximate surface area is 48.0 Å². The van der Waals surface area contributed by atoms with Crippen LogP contribution in [0, 0.1) is 0 Å². The number of amides is 1. The Morgan fingerprint density at radius 2 is 2.38 bits per heavy atom. The van der Waals surface area contributed by atoms with Crippen LogP contribution >= 0.6 is 0 Å². The minimum absolute atomic E-state index is 0.500. The summed E-state index contributed by atoms with van der Waals surface area (Å²) in [4.78, 5) is 10.2. The van der Waals surface area contributed by atoms with Gasteiger partial charge in [0.2, 0.25) is 0 Å². The first-order valence-corrected chi connectivity index (χ1v) is 2.30. The Kier molecular flexibility index (Phi) is 2.95. The standard InChI is InChI=1S/C4H10N2O2/c1-3(5)8-4(7)6-2/h3H,5H2,1-2H3,(H,6,7)/t3-/m0/s1. The van der Waals surface area contributed by atoms with Crippen LogP contribution in [0.5, 0.6) is 0 Å². The largest absolute Gasteiger partial charge is 0.431 e. The number of ether oxygens (including phenoxy) is 1. The second kappa shape index (κ2) is 3.26. The molecule has 0 aromatic rings. The van der Waals surface area contributed by atoms with Crippen molar-refractivity contribution in [3.63, 3.8) is 0 Å². The minimum atomic E-state index is -0.532. The molecule has 0 rings (SSSR count). The van der Waals surface area contributed by atoms with Crippen LogP contribution in [0.25, 0.3) is 0 Å². The molecule has 0 radical (unpaired) electrons. The Hall–Kier alpha value is -0.770. The number of carbonyl (C=O) groups excluding carboxylic acids is 1. The van der Waals surface area contributed by atoms with Crippen molar-refractivity contribution in [2.24, 2.45) is 5.73 Å². The van der Waals surface area contributed by atoms with E-state index < -0.39 is 12.3 Å². The summed E-state index contributed by atoms with van der Waals surface area (Å²) < 4.78 is 4.43. The summed E-state index contributed by atoms with van der Waals surface area (Å²) in [5, 5.41) is 2.26. The van der Waals surface area contributed by atoms with Crippen molar-refractivity contribution in [1.29, 1.82) is 0 Å². The second-order valence-electron chi connectivity index (χ2n) is 1.36. The Bertz CT molecular complexity index is 82.1. The Morgan fingerprint density at radius 3 is 2.50 bits per heavy atom. The molecule has 0 saturated carbocycles. The molecule has 1 amide bonds. The van der Waals surface area contributed by atoms with Crippen LogP contribution in [0.15, 0.2) is 0 Å². The lowest BCUT2D eigenvalue weighted by Gasteiger charge is -2.04. The number of hydrogen-bond donors (Lipinski definition) is 2. The first-order valence-electron chi connectivity index (χ1n) is 2.30. The zero-order chi connectivity index (χ0) is 6.57. The average Bonchev–Trinajstić information content (AvgIpc) is 1.65. The molecule has 0 aromatic carbocycles. The van der Waals surface area contributed by atoms with E-state index in [9.17, 15) is 4.79 Å². The summed E-state index contributed by atoms with van der Waals surface area (Å²) in [7, 11) is 1.48. The molecule has 8 heavy (non-hydrogen) atoms. The number of hydrogen-bond acceptors (Lipinski definition) is 3. The predicted octanol–water partition coefficient (Wildman–Crippen LogP) is -0.353. The van der Waals surface area contributed by atoms with Crippen LogP contribution in [0.2, 0.25) is 0 Å². The normalized spacial score (nSPS) is 12.4. The van der Waals surface area contributed by atoms with E-state index in [1.165, 1.54) is 7.05 Å². The molecule has 0 unspecified atom stereocenters. The topological polar surface area (TPSA) is 64.3 Å². The second-order valence-corrected chi connectivity index (χ2v) is 1.36. The molecule has 0 bridgehead atoms. The maximum atomic E-state index is 10.2. The van der Waals surface area contributed by atoms with Gasteiger partial charge in [-0.05, 0) is 6.92 Å². The molecule has 48 valence electrons. The predicted molar refractivity (Wildman–Crippen MR) is 29.2 cm³/mol. The van der Waals surface area contributed by atoms with Gasteiger partial charge in [-0.25, -0.2) is 4.79 Å². The van der Waals surface area contributed by atoms with Gasteiger partial charge in [0.15, 0.2) is 0 Å². The monoisotopic (exact) mass is 118 g/mol. The van der Waals surface area contributed by atoms with Crippen LogP contribution < -0.4 is 11.1 Å². The van der Waals surface area contributed by atoms with Gasteiger partial charge in [0.25, 0.3) is 0 Å². The third-order valence-corrected chi connectivity index (χ3v) is 0.497. The van der Waals surface area contributed by atoms with E-state index in [1.54, 1.807) is 6.92 Å². The quantitative estimate of drug-likeness (QED) is 0.462. The van der Waals surface area contributed by atoms with Crippen molar-refractivity contribution in [3.8, 4) is 0 Å². The summed E-state index contributed by atoms with van der Waals surface area (Å²) in [5.41, 5.74) is 5.09. The maximum absolute atomic E-state index is 10.2. The summed E-state index contributed by atoms with van der Waals surface area (Å²) >= 11 is 0. The van der Waals surface area contributed by atoms with Gasteiger partial charge < -0.3 is 10.1 Å².